The summed E-state index contributed by atoms with van der Waals surface area (Å²) >= 11 is 0. The maximum Gasteiger partial charge on any atom is 0.178 e. The molecule has 0 bridgehead atoms. The van der Waals surface area contributed by atoms with E-state index in [1.807, 2.05) is 19.1 Å². The topological polar surface area (TPSA) is 34.1 Å². The zero-order valence-corrected chi connectivity index (χ0v) is 16.5. The molecular formula is C24H32O2. The zero-order chi connectivity index (χ0) is 18.3. The van der Waals surface area contributed by atoms with E-state index in [-0.39, 0.29) is 16.6 Å². The average Bonchev–Trinajstić information content (AvgIpc) is 3.26. The summed E-state index contributed by atoms with van der Waals surface area (Å²) in [4.78, 5) is 24.7. The molecule has 0 amide bonds. The van der Waals surface area contributed by atoms with Gasteiger partial charge in [0.15, 0.2) is 5.78 Å². The van der Waals surface area contributed by atoms with Gasteiger partial charge in [-0.1, -0.05) is 32.4 Å². The fourth-order valence-electron chi connectivity index (χ4n) is 8.35. The molecule has 6 unspecified atom stereocenters. The summed E-state index contributed by atoms with van der Waals surface area (Å²) in [6, 6.07) is 0. The molecular weight excluding hydrogens is 320 g/mol. The number of hydrogen-bond donors (Lipinski definition) is 0. The molecule has 6 atom stereocenters. The predicted octanol–water partition coefficient (Wildman–Crippen LogP) is 5.28. The van der Waals surface area contributed by atoms with Gasteiger partial charge in [0.1, 0.15) is 5.78 Å². The van der Waals surface area contributed by atoms with E-state index in [9.17, 15) is 9.59 Å². The minimum absolute atomic E-state index is 0.0709. The normalized spacial score (nSPS) is 47.8. The van der Waals surface area contributed by atoms with Crippen molar-refractivity contribution in [1.29, 1.82) is 0 Å². The molecule has 0 aromatic rings. The van der Waals surface area contributed by atoms with E-state index in [0.717, 1.165) is 18.8 Å². The third-order valence-corrected chi connectivity index (χ3v) is 9.37. The summed E-state index contributed by atoms with van der Waals surface area (Å²) < 4.78 is 0. The van der Waals surface area contributed by atoms with Crippen LogP contribution in [0.25, 0.3) is 0 Å². The van der Waals surface area contributed by atoms with Crippen molar-refractivity contribution in [2.45, 2.75) is 72.1 Å². The Balaban J connectivity index is 1.58. The summed E-state index contributed by atoms with van der Waals surface area (Å²) in [7, 11) is 0. The molecule has 0 radical (unpaired) electrons. The second-order valence-corrected chi connectivity index (χ2v) is 10.5. The van der Waals surface area contributed by atoms with Crippen LogP contribution >= 0.6 is 0 Å². The van der Waals surface area contributed by atoms with Gasteiger partial charge in [-0.15, -0.1) is 0 Å². The zero-order valence-electron chi connectivity index (χ0n) is 16.5. The Kier molecular flexibility index (Phi) is 3.39. The Morgan fingerprint density at radius 1 is 1.19 bits per heavy atom. The molecule has 140 valence electrons. The van der Waals surface area contributed by atoms with Crippen LogP contribution in [0.2, 0.25) is 0 Å². The van der Waals surface area contributed by atoms with E-state index in [2.05, 4.69) is 19.9 Å². The monoisotopic (exact) mass is 352 g/mol. The average molecular weight is 353 g/mol. The van der Waals surface area contributed by atoms with Gasteiger partial charge in [0.2, 0.25) is 0 Å². The predicted molar refractivity (Wildman–Crippen MR) is 102 cm³/mol. The minimum atomic E-state index is 0.0709. The maximum atomic E-state index is 12.7. The van der Waals surface area contributed by atoms with Gasteiger partial charge in [-0.3, -0.25) is 9.59 Å². The van der Waals surface area contributed by atoms with Crippen molar-refractivity contribution in [1.82, 2.24) is 0 Å². The fourth-order valence-corrected chi connectivity index (χ4v) is 8.35. The van der Waals surface area contributed by atoms with Crippen LogP contribution in [0, 0.1) is 39.9 Å². The number of carbonyl (C=O) groups is 2. The van der Waals surface area contributed by atoms with Gasteiger partial charge in [0.05, 0.1) is 0 Å². The molecule has 0 heterocycles. The lowest BCUT2D eigenvalue weighted by Crippen LogP contribution is -2.55. The van der Waals surface area contributed by atoms with Gasteiger partial charge in [0.25, 0.3) is 0 Å². The summed E-state index contributed by atoms with van der Waals surface area (Å²) in [5, 5.41) is 0. The van der Waals surface area contributed by atoms with Crippen molar-refractivity contribution in [3.8, 4) is 0 Å². The largest absolute Gasteiger partial charge is 0.299 e. The second-order valence-electron chi connectivity index (χ2n) is 10.5. The Hall–Kier alpha value is -1.18. The molecule has 2 heteroatoms. The molecule has 0 aromatic heterocycles. The highest BCUT2D eigenvalue weighted by molar-refractivity contribution is 6.01. The van der Waals surface area contributed by atoms with Crippen LogP contribution in [0.3, 0.4) is 0 Å². The SMILES string of the molecule is CCC(=O)C1CCC2C3CCC4=CC(=O)C=CC4(C)C3C3(CC3)CC12C. The maximum absolute atomic E-state index is 12.7. The molecule has 26 heavy (non-hydrogen) atoms. The first-order valence-corrected chi connectivity index (χ1v) is 10.8. The molecule has 0 saturated heterocycles. The number of ketones is 2. The van der Waals surface area contributed by atoms with Crippen molar-refractivity contribution >= 4 is 11.6 Å². The summed E-state index contributed by atoms with van der Waals surface area (Å²) in [6.45, 7) is 6.91. The number of Topliss-reactive ketones (excluding diaryl/α,β-unsaturated/α-hetero) is 1. The van der Waals surface area contributed by atoms with Crippen LogP contribution in [0.1, 0.15) is 72.1 Å². The van der Waals surface area contributed by atoms with E-state index < -0.39 is 0 Å². The molecule has 5 aliphatic rings. The van der Waals surface area contributed by atoms with Crippen molar-refractivity contribution in [3.05, 3.63) is 23.8 Å². The molecule has 2 nitrogen and oxygen atoms in total. The molecule has 4 saturated carbocycles. The van der Waals surface area contributed by atoms with Crippen molar-refractivity contribution in [2.75, 3.05) is 0 Å². The molecule has 5 rings (SSSR count). The second kappa shape index (κ2) is 5.20. The van der Waals surface area contributed by atoms with E-state index in [0.29, 0.717) is 35.4 Å². The first-order valence-electron chi connectivity index (χ1n) is 10.8. The third-order valence-electron chi connectivity index (χ3n) is 9.37. The standard InChI is InChI=1S/C24H32O2/c1-4-20(26)19-8-7-18-17-6-5-15-13-16(25)9-10-22(15,2)21(17)24(11-12-24)14-23(18,19)3/h9-10,13,17-19,21H,4-8,11-12,14H2,1-3H3. The Bertz CT molecular complexity index is 739. The van der Waals surface area contributed by atoms with E-state index in [4.69, 9.17) is 0 Å². The molecule has 5 aliphatic carbocycles. The van der Waals surface area contributed by atoms with Gasteiger partial charge in [0, 0.05) is 17.8 Å². The molecule has 1 spiro atoms. The van der Waals surface area contributed by atoms with Crippen LogP contribution < -0.4 is 0 Å². The van der Waals surface area contributed by atoms with Crippen LogP contribution in [-0.4, -0.2) is 11.6 Å². The first-order chi connectivity index (χ1) is 12.3. The Morgan fingerprint density at radius 2 is 1.96 bits per heavy atom. The lowest BCUT2D eigenvalue weighted by Gasteiger charge is -2.61. The molecule has 0 N–H and O–H groups in total. The van der Waals surface area contributed by atoms with Crippen molar-refractivity contribution in [3.63, 3.8) is 0 Å². The van der Waals surface area contributed by atoms with Gasteiger partial charge in [-0.05, 0) is 85.7 Å². The lowest BCUT2D eigenvalue weighted by atomic mass is 9.43. The van der Waals surface area contributed by atoms with Crippen LogP contribution in [0.15, 0.2) is 23.8 Å². The van der Waals surface area contributed by atoms with Gasteiger partial charge in [-0.25, -0.2) is 0 Å². The van der Waals surface area contributed by atoms with E-state index in [1.165, 1.54) is 37.7 Å². The van der Waals surface area contributed by atoms with Crippen LogP contribution in [0.5, 0.6) is 0 Å². The lowest BCUT2D eigenvalue weighted by molar-refractivity contribution is -0.133. The smallest absolute Gasteiger partial charge is 0.178 e. The summed E-state index contributed by atoms with van der Waals surface area (Å²) in [5.41, 5.74) is 2.10. The summed E-state index contributed by atoms with van der Waals surface area (Å²) in [6.07, 6.45) is 15.3. The van der Waals surface area contributed by atoms with Crippen LogP contribution in [-0.2, 0) is 9.59 Å². The minimum Gasteiger partial charge on any atom is -0.299 e. The highest BCUT2D eigenvalue weighted by atomic mass is 16.1. The number of hydrogen-bond acceptors (Lipinski definition) is 2. The number of carbonyl (C=O) groups excluding carboxylic acids is 2. The highest BCUT2D eigenvalue weighted by Crippen LogP contribution is 2.77. The highest BCUT2D eigenvalue weighted by Gasteiger charge is 2.70. The Morgan fingerprint density at radius 3 is 2.65 bits per heavy atom. The first kappa shape index (κ1) is 17.0. The number of allylic oxidation sites excluding steroid dienone is 4. The molecule has 0 aromatic carbocycles. The molecule has 4 fully saturated rings. The van der Waals surface area contributed by atoms with Gasteiger partial charge in [-0.2, -0.15) is 0 Å². The van der Waals surface area contributed by atoms with Crippen LogP contribution in [0.4, 0.5) is 0 Å². The number of rotatable bonds is 2. The van der Waals surface area contributed by atoms with Gasteiger partial charge < -0.3 is 0 Å². The third kappa shape index (κ3) is 1.99. The quantitative estimate of drug-likeness (QED) is 0.677. The fraction of sp³-hybridized carbons (Fsp3) is 0.750. The Labute approximate surface area is 157 Å². The van der Waals surface area contributed by atoms with E-state index >= 15 is 0 Å². The summed E-state index contributed by atoms with van der Waals surface area (Å²) in [5.74, 6) is 3.08. The van der Waals surface area contributed by atoms with Gasteiger partial charge >= 0.3 is 0 Å². The molecule has 0 aliphatic heterocycles. The van der Waals surface area contributed by atoms with Crippen molar-refractivity contribution in [2.24, 2.45) is 39.9 Å². The number of fused-ring (bicyclic) bond motifs is 6. The van der Waals surface area contributed by atoms with E-state index in [1.54, 1.807) is 0 Å². The van der Waals surface area contributed by atoms with Crippen molar-refractivity contribution < 1.29 is 9.59 Å².